The second-order valence-corrected chi connectivity index (χ2v) is 7.16. The van der Waals surface area contributed by atoms with Crippen molar-refractivity contribution in [2.24, 2.45) is 0 Å². The van der Waals surface area contributed by atoms with Crippen LogP contribution in [0, 0.1) is 0 Å². The number of hydrogen-bond acceptors (Lipinski definition) is 4. The zero-order valence-electron chi connectivity index (χ0n) is 16.1. The minimum atomic E-state index is -0.990. The smallest absolute Gasteiger partial charge is 0.328 e. The van der Waals surface area contributed by atoms with E-state index in [1.807, 2.05) is 60.7 Å². The van der Waals surface area contributed by atoms with Crippen LogP contribution in [0.5, 0.6) is 0 Å². The third-order valence-electron chi connectivity index (χ3n) is 5.14. The Kier molecular flexibility index (Phi) is 5.78. The van der Waals surface area contributed by atoms with Gasteiger partial charge in [-0.2, -0.15) is 0 Å². The van der Waals surface area contributed by atoms with E-state index in [1.54, 1.807) is 11.8 Å². The molecule has 0 saturated carbocycles. The van der Waals surface area contributed by atoms with Crippen LogP contribution in [-0.4, -0.2) is 41.4 Å². The highest BCUT2D eigenvalue weighted by Gasteiger charge is 2.53. The first kappa shape index (κ1) is 19.6. The number of rotatable bonds is 7. The predicted octanol–water partition coefficient (Wildman–Crippen LogP) is 2.08. The summed E-state index contributed by atoms with van der Waals surface area (Å²) in [6.45, 7) is 2.08. The van der Waals surface area contributed by atoms with Gasteiger partial charge in [0.15, 0.2) is 0 Å². The maximum atomic E-state index is 13.0. The van der Waals surface area contributed by atoms with Crippen molar-refractivity contribution in [1.29, 1.82) is 0 Å². The number of carbonyl (C=O) groups excluding carboxylic acids is 3. The third kappa shape index (κ3) is 4.06. The van der Waals surface area contributed by atoms with Crippen LogP contribution >= 0.6 is 0 Å². The number of likely N-dealkylation sites (tertiary alicyclic amines) is 1. The Morgan fingerprint density at radius 3 is 2.18 bits per heavy atom. The van der Waals surface area contributed by atoms with Crippen LogP contribution in [0.15, 0.2) is 60.7 Å². The molecule has 1 saturated heterocycles. The number of β-lactam (4-membered cyclic amide) rings is 1. The highest BCUT2D eigenvalue weighted by molar-refractivity contribution is 6.02. The molecule has 2 aromatic carbocycles. The van der Waals surface area contributed by atoms with Gasteiger partial charge in [-0.25, -0.2) is 4.79 Å². The van der Waals surface area contributed by atoms with E-state index in [2.05, 4.69) is 5.32 Å². The van der Waals surface area contributed by atoms with Crippen LogP contribution in [-0.2, 0) is 32.1 Å². The summed E-state index contributed by atoms with van der Waals surface area (Å²) in [5.41, 5.74) is 0.869. The zero-order chi connectivity index (χ0) is 20.1. The molecule has 0 unspecified atom stereocenters. The number of methoxy groups -OCH3 is 1. The zero-order valence-corrected chi connectivity index (χ0v) is 16.1. The van der Waals surface area contributed by atoms with Crippen LogP contribution in [0.3, 0.4) is 0 Å². The molecule has 1 N–H and O–H groups in total. The monoisotopic (exact) mass is 380 g/mol. The lowest BCUT2D eigenvalue weighted by molar-refractivity contribution is -0.166. The number of esters is 1. The van der Waals surface area contributed by atoms with E-state index in [0.29, 0.717) is 13.0 Å². The Labute approximate surface area is 164 Å². The molecule has 0 radical (unpaired) electrons. The quantitative estimate of drug-likeness (QED) is 0.589. The van der Waals surface area contributed by atoms with Gasteiger partial charge < -0.3 is 15.0 Å². The molecule has 3 rings (SSSR count). The summed E-state index contributed by atoms with van der Waals surface area (Å²) in [6, 6.07) is 18.1. The van der Waals surface area contributed by atoms with E-state index in [9.17, 15) is 14.4 Å². The van der Waals surface area contributed by atoms with Gasteiger partial charge in [0.25, 0.3) is 0 Å². The fourth-order valence-corrected chi connectivity index (χ4v) is 3.40. The first-order chi connectivity index (χ1) is 13.4. The lowest BCUT2D eigenvalue weighted by atomic mass is 9.83. The van der Waals surface area contributed by atoms with Gasteiger partial charge >= 0.3 is 5.97 Å². The Balaban J connectivity index is 1.72. The average Bonchev–Trinajstić information content (AvgIpc) is 2.72. The molecule has 28 heavy (non-hydrogen) atoms. The van der Waals surface area contributed by atoms with Crippen molar-refractivity contribution in [2.75, 3.05) is 7.11 Å². The normalized spacial score (nSPS) is 19.5. The molecule has 2 amide bonds. The number of nitrogens with zero attached hydrogens (tertiary/aromatic N) is 1. The van der Waals surface area contributed by atoms with E-state index < -0.39 is 17.6 Å². The predicted molar refractivity (Wildman–Crippen MR) is 104 cm³/mol. The van der Waals surface area contributed by atoms with Crippen LogP contribution < -0.4 is 5.32 Å². The summed E-state index contributed by atoms with van der Waals surface area (Å²) in [5.74, 6) is -0.949. The summed E-state index contributed by atoms with van der Waals surface area (Å²) in [4.78, 5) is 38.9. The highest BCUT2D eigenvalue weighted by atomic mass is 16.5. The van der Waals surface area contributed by atoms with Crippen molar-refractivity contribution < 1.29 is 19.1 Å². The molecule has 146 valence electrons. The minimum Gasteiger partial charge on any atom is -0.467 e. The molecule has 0 aliphatic carbocycles. The van der Waals surface area contributed by atoms with Gasteiger partial charge in [0.2, 0.25) is 11.8 Å². The number of ether oxygens (including phenoxy) is 1. The van der Waals surface area contributed by atoms with Crippen LogP contribution in [0.1, 0.15) is 24.5 Å². The van der Waals surface area contributed by atoms with Gasteiger partial charge in [0.05, 0.1) is 13.5 Å². The van der Waals surface area contributed by atoms with E-state index in [0.717, 1.165) is 11.1 Å². The fraction of sp³-hybridized carbons (Fsp3) is 0.318. The summed E-state index contributed by atoms with van der Waals surface area (Å²) in [7, 11) is 1.29. The topological polar surface area (TPSA) is 75.7 Å². The first-order valence-electron chi connectivity index (χ1n) is 9.21. The van der Waals surface area contributed by atoms with Crippen LogP contribution in [0.25, 0.3) is 0 Å². The van der Waals surface area contributed by atoms with Gasteiger partial charge in [-0.05, 0) is 18.1 Å². The maximum absolute atomic E-state index is 13.0. The summed E-state index contributed by atoms with van der Waals surface area (Å²) >= 11 is 0. The SMILES string of the molecule is COC(=O)[C@H](Cc1ccccc1)NC(=O)[C@]1(C)CC(=O)N1Cc1ccccc1. The minimum absolute atomic E-state index is 0.0841. The van der Waals surface area contributed by atoms with Gasteiger partial charge in [-0.1, -0.05) is 60.7 Å². The summed E-state index contributed by atoms with van der Waals surface area (Å²) in [5, 5.41) is 2.79. The standard InChI is InChI=1S/C22H24N2O4/c1-22(14-19(25)24(22)15-17-11-7-4-8-12-17)21(27)23-18(20(26)28-2)13-16-9-5-3-6-10-16/h3-12,18H,13-15H2,1-2H3,(H,23,27)/t18-,22-/m0/s1. The number of carbonyl (C=O) groups is 3. The van der Waals surface area contributed by atoms with E-state index in [4.69, 9.17) is 4.74 Å². The van der Waals surface area contributed by atoms with Crippen molar-refractivity contribution in [3.63, 3.8) is 0 Å². The molecule has 1 aliphatic rings. The Morgan fingerprint density at radius 2 is 1.64 bits per heavy atom. The molecule has 2 aromatic rings. The molecule has 1 heterocycles. The van der Waals surface area contributed by atoms with E-state index in [-0.39, 0.29) is 18.2 Å². The number of nitrogens with one attached hydrogen (secondary N) is 1. The molecule has 6 heteroatoms. The Hall–Kier alpha value is -3.15. The maximum Gasteiger partial charge on any atom is 0.328 e. The van der Waals surface area contributed by atoms with Gasteiger partial charge in [0, 0.05) is 13.0 Å². The molecule has 2 atom stereocenters. The van der Waals surface area contributed by atoms with E-state index >= 15 is 0 Å². The molecule has 6 nitrogen and oxygen atoms in total. The second-order valence-electron chi connectivity index (χ2n) is 7.16. The molecule has 0 aromatic heterocycles. The highest BCUT2D eigenvalue weighted by Crippen LogP contribution is 2.33. The van der Waals surface area contributed by atoms with Crippen LogP contribution in [0.4, 0.5) is 0 Å². The Bertz CT molecular complexity index is 853. The Morgan fingerprint density at radius 1 is 1.07 bits per heavy atom. The van der Waals surface area contributed by atoms with E-state index in [1.165, 1.54) is 7.11 Å². The largest absolute Gasteiger partial charge is 0.467 e. The van der Waals surface area contributed by atoms with Crippen molar-refractivity contribution in [1.82, 2.24) is 10.2 Å². The average molecular weight is 380 g/mol. The van der Waals surface area contributed by atoms with Crippen molar-refractivity contribution in [3.8, 4) is 0 Å². The first-order valence-corrected chi connectivity index (χ1v) is 9.21. The third-order valence-corrected chi connectivity index (χ3v) is 5.14. The molecular weight excluding hydrogens is 356 g/mol. The van der Waals surface area contributed by atoms with Gasteiger partial charge in [0.1, 0.15) is 11.6 Å². The lowest BCUT2D eigenvalue weighted by Gasteiger charge is -2.48. The van der Waals surface area contributed by atoms with Gasteiger partial charge in [-0.15, -0.1) is 0 Å². The molecule has 1 fully saturated rings. The second kappa shape index (κ2) is 8.25. The fourth-order valence-electron chi connectivity index (χ4n) is 3.40. The number of hydrogen-bond donors (Lipinski definition) is 1. The lowest BCUT2D eigenvalue weighted by Crippen LogP contribution is -2.69. The molecule has 0 spiro atoms. The summed E-state index contributed by atoms with van der Waals surface area (Å²) < 4.78 is 4.86. The number of amides is 2. The number of benzene rings is 2. The summed E-state index contributed by atoms with van der Waals surface area (Å²) in [6.07, 6.45) is 0.437. The molecule has 0 bridgehead atoms. The van der Waals surface area contributed by atoms with Gasteiger partial charge in [-0.3, -0.25) is 9.59 Å². The molecule has 1 aliphatic heterocycles. The van der Waals surface area contributed by atoms with Crippen LogP contribution in [0.2, 0.25) is 0 Å². The van der Waals surface area contributed by atoms with Crippen molar-refractivity contribution in [2.45, 2.75) is 37.9 Å². The van der Waals surface area contributed by atoms with Crippen molar-refractivity contribution >= 4 is 17.8 Å². The van der Waals surface area contributed by atoms with Crippen molar-refractivity contribution in [3.05, 3.63) is 71.8 Å². The molecular formula is C22H24N2O4.